The van der Waals surface area contributed by atoms with Crippen molar-refractivity contribution >= 4 is 5.95 Å². The first-order valence-electron chi connectivity index (χ1n) is 8.37. The lowest BCUT2D eigenvalue weighted by molar-refractivity contribution is 0.155. The standard InChI is InChI=1S/C16H28N6/c1-19-7-11-21(12-8-19)6-4-15-3-5-17-16(18-15)22-13-9-20(2)10-14-22/h3,5H,4,6-14H2,1-2H3. The van der Waals surface area contributed by atoms with Crippen LogP contribution in [-0.4, -0.2) is 97.7 Å². The predicted octanol–water partition coefficient (Wildman–Crippen LogP) is 0.0183. The molecule has 1 aromatic rings. The Morgan fingerprint density at radius 2 is 1.55 bits per heavy atom. The van der Waals surface area contributed by atoms with Crippen LogP contribution in [0.4, 0.5) is 5.95 Å². The van der Waals surface area contributed by atoms with Gasteiger partial charge in [-0.1, -0.05) is 0 Å². The molecule has 0 aromatic carbocycles. The Morgan fingerprint density at radius 3 is 2.23 bits per heavy atom. The van der Waals surface area contributed by atoms with Crippen molar-refractivity contribution in [3.05, 3.63) is 18.0 Å². The Balaban J connectivity index is 1.53. The van der Waals surface area contributed by atoms with Crippen LogP contribution in [0.2, 0.25) is 0 Å². The molecular formula is C16H28N6. The molecular weight excluding hydrogens is 276 g/mol. The summed E-state index contributed by atoms with van der Waals surface area (Å²) < 4.78 is 0. The second kappa shape index (κ2) is 7.35. The minimum Gasteiger partial charge on any atom is -0.338 e. The molecule has 0 radical (unpaired) electrons. The Hall–Kier alpha value is -1.24. The molecule has 0 atom stereocenters. The maximum Gasteiger partial charge on any atom is 0.225 e. The molecule has 0 saturated carbocycles. The van der Waals surface area contributed by atoms with E-state index in [9.17, 15) is 0 Å². The van der Waals surface area contributed by atoms with Crippen LogP contribution in [0.3, 0.4) is 0 Å². The lowest BCUT2D eigenvalue weighted by Crippen LogP contribution is -2.45. The summed E-state index contributed by atoms with van der Waals surface area (Å²) in [4.78, 5) is 18.8. The van der Waals surface area contributed by atoms with Crippen LogP contribution in [-0.2, 0) is 6.42 Å². The molecule has 2 saturated heterocycles. The molecule has 0 unspecified atom stereocenters. The summed E-state index contributed by atoms with van der Waals surface area (Å²) in [5, 5.41) is 0. The molecule has 0 N–H and O–H groups in total. The van der Waals surface area contributed by atoms with E-state index in [0.29, 0.717) is 0 Å². The fourth-order valence-electron chi connectivity index (χ4n) is 3.03. The third kappa shape index (κ3) is 4.15. The van der Waals surface area contributed by atoms with Gasteiger partial charge < -0.3 is 19.6 Å². The summed E-state index contributed by atoms with van der Waals surface area (Å²) >= 11 is 0. The molecule has 0 spiro atoms. The van der Waals surface area contributed by atoms with Gasteiger partial charge in [-0.15, -0.1) is 0 Å². The fraction of sp³-hybridized carbons (Fsp3) is 0.750. The number of nitrogens with zero attached hydrogens (tertiary/aromatic N) is 6. The van der Waals surface area contributed by atoms with E-state index < -0.39 is 0 Å². The van der Waals surface area contributed by atoms with Crippen LogP contribution in [0.1, 0.15) is 5.69 Å². The molecule has 22 heavy (non-hydrogen) atoms. The summed E-state index contributed by atoms with van der Waals surface area (Å²) in [6.07, 6.45) is 2.94. The zero-order valence-electron chi connectivity index (χ0n) is 13.9. The van der Waals surface area contributed by atoms with Gasteiger partial charge in [0.2, 0.25) is 5.95 Å². The summed E-state index contributed by atoms with van der Waals surface area (Å²) in [5.74, 6) is 0.906. The topological polar surface area (TPSA) is 38.7 Å². The molecule has 3 rings (SSSR count). The molecule has 2 aliphatic rings. The van der Waals surface area contributed by atoms with Gasteiger partial charge in [0.1, 0.15) is 0 Å². The Bertz CT molecular complexity index is 463. The molecule has 122 valence electrons. The first-order valence-corrected chi connectivity index (χ1v) is 8.37. The summed E-state index contributed by atoms with van der Waals surface area (Å²) in [7, 11) is 4.37. The highest BCUT2D eigenvalue weighted by atomic mass is 15.3. The quantitative estimate of drug-likeness (QED) is 0.781. The number of hydrogen-bond donors (Lipinski definition) is 0. The Kier molecular flexibility index (Phi) is 5.23. The van der Waals surface area contributed by atoms with E-state index in [2.05, 4.69) is 44.7 Å². The zero-order chi connectivity index (χ0) is 15.4. The first kappa shape index (κ1) is 15.6. The van der Waals surface area contributed by atoms with Gasteiger partial charge in [0.25, 0.3) is 0 Å². The predicted molar refractivity (Wildman–Crippen MR) is 89.4 cm³/mol. The zero-order valence-corrected chi connectivity index (χ0v) is 13.9. The van der Waals surface area contributed by atoms with Crippen molar-refractivity contribution in [3.63, 3.8) is 0 Å². The smallest absolute Gasteiger partial charge is 0.225 e. The monoisotopic (exact) mass is 304 g/mol. The van der Waals surface area contributed by atoms with Crippen LogP contribution in [0.15, 0.2) is 12.3 Å². The summed E-state index contributed by atoms with van der Waals surface area (Å²) in [6.45, 7) is 10.0. The highest BCUT2D eigenvalue weighted by Gasteiger charge is 2.17. The van der Waals surface area contributed by atoms with Gasteiger partial charge in [0.05, 0.1) is 0 Å². The van der Waals surface area contributed by atoms with Crippen molar-refractivity contribution in [2.75, 3.05) is 77.9 Å². The Labute approximate surface area is 133 Å². The van der Waals surface area contributed by atoms with Crippen LogP contribution in [0.25, 0.3) is 0 Å². The first-order chi connectivity index (χ1) is 10.7. The minimum atomic E-state index is 0.906. The second-order valence-corrected chi connectivity index (χ2v) is 6.53. The van der Waals surface area contributed by atoms with Crippen molar-refractivity contribution in [2.24, 2.45) is 0 Å². The van der Waals surface area contributed by atoms with Gasteiger partial charge in [-0.2, -0.15) is 0 Å². The van der Waals surface area contributed by atoms with Gasteiger partial charge in [-0.25, -0.2) is 9.97 Å². The number of piperazine rings is 2. The van der Waals surface area contributed by atoms with Crippen LogP contribution in [0, 0.1) is 0 Å². The largest absolute Gasteiger partial charge is 0.338 e. The third-order valence-electron chi connectivity index (χ3n) is 4.77. The highest BCUT2D eigenvalue weighted by Crippen LogP contribution is 2.11. The SMILES string of the molecule is CN1CCN(CCc2ccnc(N3CCN(C)CC3)n2)CC1. The lowest BCUT2D eigenvalue weighted by Gasteiger charge is -2.33. The van der Waals surface area contributed by atoms with Gasteiger partial charge in [0.15, 0.2) is 0 Å². The van der Waals surface area contributed by atoms with Crippen molar-refractivity contribution in [2.45, 2.75) is 6.42 Å². The maximum absolute atomic E-state index is 4.78. The lowest BCUT2D eigenvalue weighted by atomic mass is 10.2. The average molecular weight is 304 g/mol. The average Bonchev–Trinajstić information content (AvgIpc) is 2.55. The van der Waals surface area contributed by atoms with Gasteiger partial charge >= 0.3 is 0 Å². The van der Waals surface area contributed by atoms with E-state index in [-0.39, 0.29) is 0 Å². The molecule has 2 aliphatic heterocycles. The normalized spacial score (nSPS) is 22.2. The number of likely N-dealkylation sites (N-methyl/N-ethyl adjacent to an activating group) is 2. The number of rotatable bonds is 4. The van der Waals surface area contributed by atoms with Gasteiger partial charge in [0, 0.05) is 77.2 Å². The maximum atomic E-state index is 4.78. The van der Waals surface area contributed by atoms with Crippen molar-refractivity contribution in [1.82, 2.24) is 24.7 Å². The molecule has 1 aromatic heterocycles. The van der Waals surface area contributed by atoms with Crippen LogP contribution >= 0.6 is 0 Å². The van der Waals surface area contributed by atoms with Crippen molar-refractivity contribution in [1.29, 1.82) is 0 Å². The molecule has 0 aliphatic carbocycles. The highest BCUT2D eigenvalue weighted by molar-refractivity contribution is 5.31. The summed E-state index contributed by atoms with van der Waals surface area (Å²) in [5.41, 5.74) is 1.17. The Morgan fingerprint density at radius 1 is 0.909 bits per heavy atom. The van der Waals surface area contributed by atoms with Crippen LogP contribution < -0.4 is 4.90 Å². The van der Waals surface area contributed by atoms with E-state index in [1.54, 1.807) is 0 Å². The van der Waals surface area contributed by atoms with Crippen LogP contribution in [0.5, 0.6) is 0 Å². The van der Waals surface area contributed by atoms with Gasteiger partial charge in [-0.3, -0.25) is 0 Å². The molecule has 3 heterocycles. The van der Waals surface area contributed by atoms with E-state index in [4.69, 9.17) is 4.98 Å². The van der Waals surface area contributed by atoms with Crippen molar-refractivity contribution < 1.29 is 0 Å². The minimum absolute atomic E-state index is 0.906. The number of hydrogen-bond acceptors (Lipinski definition) is 6. The van der Waals surface area contributed by atoms with E-state index in [1.165, 1.54) is 31.9 Å². The fourth-order valence-corrected chi connectivity index (χ4v) is 3.03. The van der Waals surface area contributed by atoms with Crippen molar-refractivity contribution in [3.8, 4) is 0 Å². The third-order valence-corrected chi connectivity index (χ3v) is 4.77. The van der Waals surface area contributed by atoms with E-state index in [1.807, 2.05) is 6.20 Å². The molecule has 0 bridgehead atoms. The van der Waals surface area contributed by atoms with Gasteiger partial charge in [-0.05, 0) is 20.2 Å². The molecule has 2 fully saturated rings. The number of anilines is 1. The number of aromatic nitrogens is 2. The molecule has 0 amide bonds. The second-order valence-electron chi connectivity index (χ2n) is 6.53. The van der Waals surface area contributed by atoms with E-state index in [0.717, 1.165) is 45.1 Å². The molecule has 6 heteroatoms. The summed E-state index contributed by atoms with van der Waals surface area (Å²) in [6, 6.07) is 2.07. The van der Waals surface area contributed by atoms with E-state index >= 15 is 0 Å². The molecule has 6 nitrogen and oxygen atoms in total.